The first kappa shape index (κ1) is 16.5. The number of hydrogen-bond donors (Lipinski definition) is 2. The van der Waals surface area contributed by atoms with E-state index in [0.29, 0.717) is 12.0 Å². The van der Waals surface area contributed by atoms with Gasteiger partial charge < -0.3 is 0 Å². The van der Waals surface area contributed by atoms with Crippen molar-refractivity contribution in [3.8, 4) is 0 Å². The molecule has 0 bridgehead atoms. The first-order valence-electron chi connectivity index (χ1n) is 8.69. The fraction of sp³-hybridized carbons (Fsp3) is 0.684. The highest BCUT2D eigenvalue weighted by Gasteiger charge is 2.28. The van der Waals surface area contributed by atoms with Gasteiger partial charge in [-0.1, -0.05) is 62.8 Å². The van der Waals surface area contributed by atoms with Crippen molar-refractivity contribution in [2.75, 3.05) is 0 Å². The molecule has 0 spiro atoms. The average molecular weight is 288 g/mol. The summed E-state index contributed by atoms with van der Waals surface area (Å²) in [5.74, 6) is 7.55. The Morgan fingerprint density at radius 2 is 1.90 bits per heavy atom. The summed E-state index contributed by atoms with van der Waals surface area (Å²) >= 11 is 0. The Bertz CT molecular complexity index is 433. The molecule has 1 aromatic carbocycles. The van der Waals surface area contributed by atoms with Crippen molar-refractivity contribution in [2.45, 2.75) is 71.8 Å². The molecule has 0 saturated heterocycles. The summed E-state index contributed by atoms with van der Waals surface area (Å²) in [6.07, 6.45) is 9.54. The van der Waals surface area contributed by atoms with E-state index in [1.165, 1.54) is 61.6 Å². The molecule has 1 atom stereocenters. The van der Waals surface area contributed by atoms with Gasteiger partial charge in [0, 0.05) is 6.04 Å². The summed E-state index contributed by atoms with van der Waals surface area (Å²) in [6.45, 7) is 6.65. The number of rotatable bonds is 6. The van der Waals surface area contributed by atoms with Gasteiger partial charge in [-0.3, -0.25) is 11.3 Å². The zero-order chi connectivity index (χ0) is 15.2. The van der Waals surface area contributed by atoms with Crippen LogP contribution in [0.15, 0.2) is 18.2 Å². The lowest BCUT2D eigenvalue weighted by atomic mass is 9.75. The quantitative estimate of drug-likeness (QED) is 0.582. The first-order valence-corrected chi connectivity index (χ1v) is 8.69. The second-order valence-corrected chi connectivity index (χ2v) is 6.93. The number of nitrogens with one attached hydrogen (secondary N) is 1. The molecule has 3 N–H and O–H groups in total. The van der Waals surface area contributed by atoms with Gasteiger partial charge >= 0.3 is 0 Å². The van der Waals surface area contributed by atoms with E-state index in [0.717, 1.165) is 5.92 Å². The van der Waals surface area contributed by atoms with Gasteiger partial charge in [0.25, 0.3) is 0 Å². The molecule has 1 aliphatic carbocycles. The van der Waals surface area contributed by atoms with E-state index >= 15 is 0 Å². The molecule has 21 heavy (non-hydrogen) atoms. The zero-order valence-electron chi connectivity index (χ0n) is 14.0. The van der Waals surface area contributed by atoms with Crippen LogP contribution in [0.25, 0.3) is 0 Å². The molecule has 1 saturated carbocycles. The number of aryl methyl sites for hydroxylation is 2. The second-order valence-electron chi connectivity index (χ2n) is 6.93. The average Bonchev–Trinajstić information content (AvgIpc) is 2.49. The highest BCUT2D eigenvalue weighted by atomic mass is 15.2. The molecular formula is C19H32N2. The molecule has 0 radical (unpaired) electrons. The number of hydrazine groups is 1. The topological polar surface area (TPSA) is 38.0 Å². The molecule has 0 aliphatic heterocycles. The maximum absolute atomic E-state index is 5.91. The van der Waals surface area contributed by atoms with Crippen LogP contribution in [0.4, 0.5) is 0 Å². The molecule has 2 heteroatoms. The van der Waals surface area contributed by atoms with Crippen LogP contribution in [0.1, 0.15) is 74.6 Å². The first-order chi connectivity index (χ1) is 10.2. The van der Waals surface area contributed by atoms with Crippen LogP contribution in [-0.2, 0) is 0 Å². The van der Waals surface area contributed by atoms with Crippen LogP contribution >= 0.6 is 0 Å². The number of nitrogens with two attached hydrogens (primary N) is 1. The zero-order valence-corrected chi connectivity index (χ0v) is 14.0. The van der Waals surface area contributed by atoms with Crippen LogP contribution in [0.2, 0.25) is 0 Å². The SMILES string of the molecule is CCCCC1CCC(C(NN)c2ccc(C)cc2C)CC1. The molecule has 1 fully saturated rings. The summed E-state index contributed by atoms with van der Waals surface area (Å²) in [7, 11) is 0. The predicted octanol–water partition coefficient (Wildman–Crippen LogP) is 4.80. The van der Waals surface area contributed by atoms with Gasteiger partial charge in [-0.15, -0.1) is 0 Å². The molecule has 0 heterocycles. The Morgan fingerprint density at radius 1 is 1.19 bits per heavy atom. The summed E-state index contributed by atoms with van der Waals surface area (Å²) in [4.78, 5) is 0. The van der Waals surface area contributed by atoms with Gasteiger partial charge in [0.15, 0.2) is 0 Å². The fourth-order valence-corrected chi connectivity index (χ4v) is 3.96. The van der Waals surface area contributed by atoms with Gasteiger partial charge in [-0.2, -0.15) is 0 Å². The van der Waals surface area contributed by atoms with Crippen molar-refractivity contribution in [3.05, 3.63) is 34.9 Å². The van der Waals surface area contributed by atoms with Crippen LogP contribution in [0.3, 0.4) is 0 Å². The Morgan fingerprint density at radius 3 is 2.48 bits per heavy atom. The minimum atomic E-state index is 0.317. The lowest BCUT2D eigenvalue weighted by Gasteiger charge is -2.34. The molecular weight excluding hydrogens is 256 g/mol. The van der Waals surface area contributed by atoms with Crippen LogP contribution in [-0.4, -0.2) is 0 Å². The van der Waals surface area contributed by atoms with E-state index in [1.807, 2.05) is 0 Å². The second kappa shape index (κ2) is 7.95. The predicted molar refractivity (Wildman–Crippen MR) is 91.0 cm³/mol. The lowest BCUT2D eigenvalue weighted by Crippen LogP contribution is -2.35. The van der Waals surface area contributed by atoms with E-state index in [2.05, 4.69) is 44.4 Å². The largest absolute Gasteiger partial charge is 0.271 e. The lowest BCUT2D eigenvalue weighted by molar-refractivity contribution is 0.213. The van der Waals surface area contributed by atoms with E-state index < -0.39 is 0 Å². The molecule has 0 amide bonds. The van der Waals surface area contributed by atoms with E-state index in [9.17, 15) is 0 Å². The van der Waals surface area contributed by atoms with Crippen molar-refractivity contribution >= 4 is 0 Å². The molecule has 118 valence electrons. The smallest absolute Gasteiger partial charge is 0.0490 e. The Labute approximate surface area is 130 Å². The summed E-state index contributed by atoms with van der Waals surface area (Å²) in [5.41, 5.74) is 7.19. The van der Waals surface area contributed by atoms with Crippen molar-refractivity contribution in [3.63, 3.8) is 0 Å². The Kier molecular flexibility index (Phi) is 6.25. The van der Waals surface area contributed by atoms with Gasteiger partial charge in [-0.05, 0) is 49.7 Å². The third kappa shape index (κ3) is 4.31. The minimum Gasteiger partial charge on any atom is -0.271 e. The standard InChI is InChI=1S/C19H32N2/c1-4-5-6-16-8-10-17(11-9-16)19(21-20)18-12-7-14(2)13-15(18)3/h7,12-13,16-17,19,21H,4-6,8-11,20H2,1-3H3. The molecule has 1 aliphatic rings. The summed E-state index contributed by atoms with van der Waals surface area (Å²) in [5, 5.41) is 0. The maximum atomic E-state index is 5.91. The molecule has 0 aromatic heterocycles. The highest BCUT2D eigenvalue weighted by Crippen LogP contribution is 2.39. The summed E-state index contributed by atoms with van der Waals surface area (Å²) < 4.78 is 0. The molecule has 1 aromatic rings. The van der Waals surface area contributed by atoms with Gasteiger partial charge in [0.05, 0.1) is 0 Å². The number of benzene rings is 1. The fourth-order valence-electron chi connectivity index (χ4n) is 3.96. The van der Waals surface area contributed by atoms with E-state index in [1.54, 1.807) is 0 Å². The van der Waals surface area contributed by atoms with Crippen molar-refractivity contribution in [2.24, 2.45) is 17.7 Å². The van der Waals surface area contributed by atoms with Crippen molar-refractivity contribution in [1.82, 2.24) is 5.43 Å². The number of hydrogen-bond acceptors (Lipinski definition) is 2. The maximum Gasteiger partial charge on any atom is 0.0490 e. The van der Waals surface area contributed by atoms with E-state index in [4.69, 9.17) is 5.84 Å². The van der Waals surface area contributed by atoms with Gasteiger partial charge in [0.2, 0.25) is 0 Å². The molecule has 2 rings (SSSR count). The molecule has 2 nitrogen and oxygen atoms in total. The van der Waals surface area contributed by atoms with Gasteiger partial charge in [0.1, 0.15) is 0 Å². The Balaban J connectivity index is 1.99. The Hall–Kier alpha value is -0.860. The monoisotopic (exact) mass is 288 g/mol. The van der Waals surface area contributed by atoms with Crippen molar-refractivity contribution in [1.29, 1.82) is 0 Å². The third-order valence-electron chi connectivity index (χ3n) is 5.27. The van der Waals surface area contributed by atoms with Crippen LogP contribution in [0, 0.1) is 25.7 Å². The van der Waals surface area contributed by atoms with Crippen molar-refractivity contribution < 1.29 is 0 Å². The normalized spacial score (nSPS) is 24.0. The van der Waals surface area contributed by atoms with Crippen LogP contribution < -0.4 is 11.3 Å². The highest BCUT2D eigenvalue weighted by molar-refractivity contribution is 5.33. The minimum absolute atomic E-state index is 0.317. The third-order valence-corrected chi connectivity index (χ3v) is 5.27. The van der Waals surface area contributed by atoms with Gasteiger partial charge in [-0.25, -0.2) is 0 Å². The van der Waals surface area contributed by atoms with Crippen LogP contribution in [0.5, 0.6) is 0 Å². The summed E-state index contributed by atoms with van der Waals surface area (Å²) in [6, 6.07) is 7.06. The number of unbranched alkanes of at least 4 members (excludes halogenated alkanes) is 1. The molecule has 1 unspecified atom stereocenters. The van der Waals surface area contributed by atoms with E-state index in [-0.39, 0.29) is 0 Å².